The summed E-state index contributed by atoms with van der Waals surface area (Å²) in [7, 11) is 1.79. The quantitative estimate of drug-likeness (QED) is 0.606. The number of carbonyl (C=O) groups is 1. The lowest BCUT2D eigenvalue weighted by Crippen LogP contribution is -2.26. The number of benzene rings is 2. The summed E-state index contributed by atoms with van der Waals surface area (Å²) in [4.78, 5) is 12.7. The number of hydrogen-bond acceptors (Lipinski definition) is 3. The minimum absolute atomic E-state index is 0.157. The number of carbonyl (C=O) groups excluding carboxylic acids is 1. The average molecular weight is 429 g/mol. The molecule has 4 rings (SSSR count). The van der Waals surface area contributed by atoms with E-state index in [4.69, 9.17) is 4.74 Å². The fraction of sp³-hybridized carbons (Fsp3) is 0.304. The van der Waals surface area contributed by atoms with Gasteiger partial charge in [0.15, 0.2) is 0 Å². The van der Waals surface area contributed by atoms with E-state index >= 15 is 0 Å². The Kier molecular flexibility index (Phi) is 5.47. The van der Waals surface area contributed by atoms with Gasteiger partial charge in [0.25, 0.3) is 5.91 Å². The molecule has 2 aromatic carbocycles. The number of rotatable bonds is 5. The van der Waals surface area contributed by atoms with Gasteiger partial charge in [0, 0.05) is 25.1 Å². The molecule has 5 nitrogen and oxygen atoms in total. The third kappa shape index (κ3) is 4.42. The first-order valence-corrected chi connectivity index (χ1v) is 10.0. The fourth-order valence-electron chi connectivity index (χ4n) is 3.80. The van der Waals surface area contributed by atoms with Crippen LogP contribution in [0.25, 0.3) is 0 Å². The highest BCUT2D eigenvalue weighted by Crippen LogP contribution is 2.34. The van der Waals surface area contributed by atoms with Gasteiger partial charge < -0.3 is 10.1 Å². The largest absolute Gasteiger partial charge is 0.457 e. The van der Waals surface area contributed by atoms with Crippen LogP contribution < -0.4 is 10.1 Å². The molecule has 162 valence electrons. The van der Waals surface area contributed by atoms with Crippen LogP contribution in [0.3, 0.4) is 0 Å². The number of nitrogens with one attached hydrogen (secondary N) is 1. The van der Waals surface area contributed by atoms with Gasteiger partial charge in [-0.3, -0.25) is 9.48 Å². The van der Waals surface area contributed by atoms with Gasteiger partial charge in [0.05, 0.1) is 11.3 Å². The second-order valence-corrected chi connectivity index (χ2v) is 7.73. The molecule has 0 saturated heterocycles. The van der Waals surface area contributed by atoms with E-state index in [0.717, 1.165) is 41.8 Å². The topological polar surface area (TPSA) is 56.2 Å². The molecule has 0 fully saturated rings. The summed E-state index contributed by atoms with van der Waals surface area (Å²) in [6, 6.07) is 11.6. The van der Waals surface area contributed by atoms with Crippen LogP contribution in [-0.4, -0.2) is 15.7 Å². The predicted octanol–water partition coefficient (Wildman–Crippen LogP) is 5.21. The predicted molar refractivity (Wildman–Crippen MR) is 109 cm³/mol. The molecule has 1 heterocycles. The van der Waals surface area contributed by atoms with Crippen LogP contribution in [0, 0.1) is 0 Å². The number of alkyl halides is 3. The summed E-state index contributed by atoms with van der Waals surface area (Å²) < 4.78 is 45.2. The van der Waals surface area contributed by atoms with E-state index in [0.29, 0.717) is 29.7 Å². The van der Waals surface area contributed by atoms with E-state index in [1.807, 2.05) is 0 Å². The Balaban J connectivity index is 1.36. The second-order valence-electron chi connectivity index (χ2n) is 7.73. The molecule has 1 N–H and O–H groups in total. The number of hydrogen-bond donors (Lipinski definition) is 1. The van der Waals surface area contributed by atoms with Crippen LogP contribution in [0.2, 0.25) is 0 Å². The van der Waals surface area contributed by atoms with Crippen molar-refractivity contribution >= 4 is 5.91 Å². The molecule has 3 aromatic rings. The van der Waals surface area contributed by atoms with Crippen LogP contribution in [0.5, 0.6) is 11.5 Å². The highest BCUT2D eigenvalue weighted by molar-refractivity contribution is 5.94. The number of fused-ring (bicyclic) bond motifs is 1. The summed E-state index contributed by atoms with van der Waals surface area (Å²) >= 11 is 0. The maximum absolute atomic E-state index is 12.7. The van der Waals surface area contributed by atoms with Crippen LogP contribution in [0.15, 0.2) is 48.5 Å². The van der Waals surface area contributed by atoms with Crippen LogP contribution in [0.1, 0.15) is 52.1 Å². The SMILES string of the molecule is CC1CCc2c1nn(C)c2C(=O)NCc1ccc(Oc2ccc(C(F)(F)F)cc2)cc1. The zero-order valence-electron chi connectivity index (χ0n) is 17.2. The number of amides is 1. The smallest absolute Gasteiger partial charge is 0.416 e. The van der Waals surface area contributed by atoms with Crippen molar-refractivity contribution in [2.75, 3.05) is 0 Å². The zero-order valence-corrected chi connectivity index (χ0v) is 17.2. The molecule has 0 aliphatic heterocycles. The summed E-state index contributed by atoms with van der Waals surface area (Å²) in [5.41, 5.74) is 2.81. The Morgan fingerprint density at radius 3 is 2.35 bits per heavy atom. The molecular formula is C23H22F3N3O2. The Bertz CT molecular complexity index is 1090. The average Bonchev–Trinajstić information content (AvgIpc) is 3.25. The number of ether oxygens (including phenoxy) is 1. The van der Waals surface area contributed by atoms with E-state index in [-0.39, 0.29) is 5.91 Å². The van der Waals surface area contributed by atoms with E-state index in [9.17, 15) is 18.0 Å². The first-order chi connectivity index (χ1) is 14.7. The molecule has 1 aliphatic rings. The Hall–Kier alpha value is -3.29. The number of halogens is 3. The summed E-state index contributed by atoms with van der Waals surface area (Å²) in [6.45, 7) is 2.46. The molecule has 0 spiro atoms. The summed E-state index contributed by atoms with van der Waals surface area (Å²) in [6.07, 6.45) is -2.50. The highest BCUT2D eigenvalue weighted by atomic mass is 19.4. The second kappa shape index (κ2) is 8.09. The lowest BCUT2D eigenvalue weighted by molar-refractivity contribution is -0.137. The van der Waals surface area contributed by atoms with Crippen molar-refractivity contribution in [3.05, 3.63) is 76.6 Å². The maximum atomic E-state index is 12.7. The molecule has 0 radical (unpaired) electrons. The monoisotopic (exact) mass is 429 g/mol. The van der Waals surface area contributed by atoms with Gasteiger partial charge in [0.2, 0.25) is 0 Å². The lowest BCUT2D eigenvalue weighted by Gasteiger charge is -2.10. The maximum Gasteiger partial charge on any atom is 0.416 e. The first kappa shape index (κ1) is 21.0. The first-order valence-electron chi connectivity index (χ1n) is 10.0. The Morgan fingerprint density at radius 1 is 1.13 bits per heavy atom. The van der Waals surface area contributed by atoms with Gasteiger partial charge >= 0.3 is 6.18 Å². The van der Waals surface area contributed by atoms with Crippen LogP contribution in [-0.2, 0) is 26.2 Å². The highest BCUT2D eigenvalue weighted by Gasteiger charge is 2.30. The molecule has 1 aromatic heterocycles. The number of aryl methyl sites for hydroxylation is 1. The van der Waals surface area contributed by atoms with E-state index in [1.54, 1.807) is 36.0 Å². The summed E-state index contributed by atoms with van der Waals surface area (Å²) in [5, 5.41) is 7.42. The van der Waals surface area contributed by atoms with E-state index in [2.05, 4.69) is 17.3 Å². The van der Waals surface area contributed by atoms with Crippen molar-refractivity contribution in [1.82, 2.24) is 15.1 Å². The number of aromatic nitrogens is 2. The van der Waals surface area contributed by atoms with Crippen molar-refractivity contribution in [2.45, 2.75) is 38.4 Å². The van der Waals surface area contributed by atoms with Crippen LogP contribution in [0.4, 0.5) is 13.2 Å². The molecule has 1 amide bonds. The van der Waals surface area contributed by atoms with Crippen molar-refractivity contribution in [1.29, 1.82) is 0 Å². The van der Waals surface area contributed by atoms with Gasteiger partial charge in [-0.15, -0.1) is 0 Å². The normalized spacial score (nSPS) is 15.6. The lowest BCUT2D eigenvalue weighted by atomic mass is 10.1. The molecule has 1 atom stereocenters. The van der Waals surface area contributed by atoms with E-state index < -0.39 is 11.7 Å². The summed E-state index contributed by atoms with van der Waals surface area (Å²) in [5.74, 6) is 1.03. The molecule has 1 unspecified atom stereocenters. The van der Waals surface area contributed by atoms with Gasteiger partial charge in [-0.1, -0.05) is 19.1 Å². The van der Waals surface area contributed by atoms with Gasteiger partial charge in [-0.05, 0) is 54.8 Å². The molecule has 8 heteroatoms. The van der Waals surface area contributed by atoms with Crippen molar-refractivity contribution in [3.63, 3.8) is 0 Å². The molecule has 1 aliphatic carbocycles. The third-order valence-corrected chi connectivity index (χ3v) is 5.48. The molecule has 0 bridgehead atoms. The minimum atomic E-state index is -4.38. The standard InChI is InChI=1S/C23H22F3N3O2/c1-14-3-12-19-20(14)28-29(2)21(19)22(30)27-13-15-4-8-17(9-5-15)31-18-10-6-16(7-11-18)23(24,25)26/h4-11,14H,3,12-13H2,1-2H3,(H,27,30). The zero-order chi connectivity index (χ0) is 22.2. The minimum Gasteiger partial charge on any atom is -0.457 e. The van der Waals surface area contributed by atoms with Gasteiger partial charge in [-0.2, -0.15) is 18.3 Å². The number of nitrogens with zero attached hydrogens (tertiary/aromatic N) is 2. The van der Waals surface area contributed by atoms with Gasteiger partial charge in [0.1, 0.15) is 17.2 Å². The van der Waals surface area contributed by atoms with Crippen molar-refractivity contribution in [3.8, 4) is 11.5 Å². The van der Waals surface area contributed by atoms with Crippen molar-refractivity contribution < 1.29 is 22.7 Å². The Morgan fingerprint density at radius 2 is 1.74 bits per heavy atom. The fourth-order valence-corrected chi connectivity index (χ4v) is 3.80. The van der Waals surface area contributed by atoms with Gasteiger partial charge in [-0.25, -0.2) is 0 Å². The van der Waals surface area contributed by atoms with Crippen LogP contribution >= 0.6 is 0 Å². The Labute approximate surface area is 177 Å². The van der Waals surface area contributed by atoms with E-state index in [1.165, 1.54) is 12.1 Å². The molecule has 31 heavy (non-hydrogen) atoms. The molecular weight excluding hydrogens is 407 g/mol. The van der Waals surface area contributed by atoms with Crippen molar-refractivity contribution in [2.24, 2.45) is 7.05 Å². The molecule has 0 saturated carbocycles. The third-order valence-electron chi connectivity index (χ3n) is 5.48.